The molecule has 8 heteroatoms. The van der Waals surface area contributed by atoms with Crippen molar-refractivity contribution in [3.63, 3.8) is 0 Å². The van der Waals surface area contributed by atoms with E-state index in [4.69, 9.17) is 9.26 Å². The summed E-state index contributed by atoms with van der Waals surface area (Å²) in [5, 5.41) is 16.7. The third-order valence-corrected chi connectivity index (χ3v) is 3.52. The zero-order chi connectivity index (χ0) is 19.6. The Morgan fingerprint density at radius 3 is 2.74 bits per heavy atom. The Morgan fingerprint density at radius 2 is 2.04 bits per heavy atom. The number of carbonyl (C=O) groups excluding carboxylic acids is 1. The summed E-state index contributed by atoms with van der Waals surface area (Å²) in [6.45, 7) is 7.20. The maximum atomic E-state index is 11.9. The molecule has 0 aliphatic rings. The third kappa shape index (κ3) is 4.41. The lowest BCUT2D eigenvalue weighted by Crippen LogP contribution is -2.27. The number of nitrogens with one attached hydrogen (secondary N) is 1. The van der Waals surface area contributed by atoms with E-state index in [1.807, 2.05) is 19.1 Å². The van der Waals surface area contributed by atoms with E-state index in [1.165, 1.54) is 6.07 Å². The van der Waals surface area contributed by atoms with Gasteiger partial charge in [0.1, 0.15) is 17.0 Å². The molecule has 0 spiro atoms. The number of benzene rings is 1. The molecule has 1 aromatic carbocycles. The number of anilines is 1. The van der Waals surface area contributed by atoms with Crippen molar-refractivity contribution in [2.75, 3.05) is 5.32 Å². The van der Waals surface area contributed by atoms with Gasteiger partial charge in [0.2, 0.25) is 5.82 Å². The summed E-state index contributed by atoms with van der Waals surface area (Å²) < 4.78 is 10.5. The number of aromatic nitrogens is 3. The largest absolute Gasteiger partial charge is 0.507 e. The Balaban J connectivity index is 1.87. The predicted molar refractivity (Wildman–Crippen MR) is 99.2 cm³/mol. The minimum atomic E-state index is -0.618. The maximum absolute atomic E-state index is 11.9. The van der Waals surface area contributed by atoms with Gasteiger partial charge in [0.15, 0.2) is 0 Å². The van der Waals surface area contributed by atoms with E-state index in [0.29, 0.717) is 16.9 Å². The first kappa shape index (κ1) is 18.4. The molecule has 3 rings (SSSR count). The first-order valence-corrected chi connectivity index (χ1v) is 8.32. The summed E-state index contributed by atoms with van der Waals surface area (Å²) in [5.41, 5.74) is 1.58. The average molecular weight is 368 g/mol. The van der Waals surface area contributed by atoms with E-state index < -0.39 is 11.7 Å². The Morgan fingerprint density at radius 1 is 1.26 bits per heavy atom. The van der Waals surface area contributed by atoms with E-state index in [2.05, 4.69) is 20.4 Å². The number of hydrogen-bond donors (Lipinski definition) is 2. The van der Waals surface area contributed by atoms with Crippen molar-refractivity contribution in [2.24, 2.45) is 0 Å². The van der Waals surface area contributed by atoms with E-state index >= 15 is 0 Å². The number of nitrogens with zero attached hydrogens (tertiary/aromatic N) is 3. The molecular weight excluding hydrogens is 348 g/mol. The van der Waals surface area contributed by atoms with Gasteiger partial charge in [0.25, 0.3) is 5.89 Å². The number of aryl methyl sites for hydroxylation is 1. The highest BCUT2D eigenvalue weighted by atomic mass is 16.6. The van der Waals surface area contributed by atoms with Crippen molar-refractivity contribution in [3.8, 4) is 28.7 Å². The van der Waals surface area contributed by atoms with Crippen LogP contribution in [0.4, 0.5) is 10.5 Å². The minimum absolute atomic E-state index is 0.0465. The highest BCUT2D eigenvalue weighted by Gasteiger charge is 2.19. The lowest BCUT2D eigenvalue weighted by molar-refractivity contribution is 0.0636. The van der Waals surface area contributed by atoms with Gasteiger partial charge in [-0.15, -0.1) is 0 Å². The highest BCUT2D eigenvalue weighted by Crippen LogP contribution is 2.31. The topological polar surface area (TPSA) is 110 Å². The van der Waals surface area contributed by atoms with Gasteiger partial charge in [0, 0.05) is 11.9 Å². The van der Waals surface area contributed by atoms with Crippen LogP contribution in [-0.4, -0.2) is 31.9 Å². The first-order valence-electron chi connectivity index (χ1n) is 8.32. The molecule has 2 heterocycles. The molecule has 0 radical (unpaired) electrons. The fourth-order valence-electron chi connectivity index (χ4n) is 2.35. The van der Waals surface area contributed by atoms with E-state index in [9.17, 15) is 9.90 Å². The van der Waals surface area contributed by atoms with Crippen molar-refractivity contribution < 1.29 is 19.2 Å². The zero-order valence-electron chi connectivity index (χ0n) is 15.5. The number of aromatic hydroxyl groups is 1. The van der Waals surface area contributed by atoms with E-state index in [0.717, 1.165) is 5.56 Å². The average Bonchev–Trinajstić information content (AvgIpc) is 3.05. The number of phenolic OH excluding ortho intramolecular Hbond substituents is 1. The Labute approximate surface area is 156 Å². The molecule has 0 saturated carbocycles. The van der Waals surface area contributed by atoms with Gasteiger partial charge in [-0.3, -0.25) is 10.3 Å². The van der Waals surface area contributed by atoms with Crippen molar-refractivity contribution in [2.45, 2.75) is 33.3 Å². The molecule has 3 aromatic rings. The molecule has 27 heavy (non-hydrogen) atoms. The maximum Gasteiger partial charge on any atom is 0.412 e. The fraction of sp³-hybridized carbons (Fsp3) is 0.263. The summed E-state index contributed by atoms with van der Waals surface area (Å²) in [7, 11) is 0. The molecule has 0 bridgehead atoms. The molecule has 2 N–H and O–H groups in total. The Kier molecular flexibility index (Phi) is 4.81. The molecule has 0 aliphatic carbocycles. The Hall–Kier alpha value is -3.42. The van der Waals surface area contributed by atoms with Crippen LogP contribution in [0.15, 0.2) is 41.1 Å². The summed E-state index contributed by atoms with van der Waals surface area (Å²) in [6.07, 6.45) is 1.03. The van der Waals surface area contributed by atoms with Gasteiger partial charge in [-0.1, -0.05) is 11.2 Å². The normalized spacial score (nSPS) is 11.3. The SMILES string of the molecule is Cc1cccnc1-c1nc(-c2cc(NC(=O)OC(C)(C)C)ccc2O)no1. The van der Waals surface area contributed by atoms with Gasteiger partial charge in [-0.05, 0) is 57.5 Å². The molecule has 0 atom stereocenters. The van der Waals surface area contributed by atoms with E-state index in [1.54, 1.807) is 39.1 Å². The van der Waals surface area contributed by atoms with Crippen LogP contribution in [0.2, 0.25) is 0 Å². The number of rotatable bonds is 3. The Bertz CT molecular complexity index is 976. The van der Waals surface area contributed by atoms with Crippen LogP contribution in [0.5, 0.6) is 5.75 Å². The van der Waals surface area contributed by atoms with Crippen LogP contribution in [-0.2, 0) is 4.74 Å². The number of ether oxygens (including phenoxy) is 1. The van der Waals surface area contributed by atoms with Crippen molar-refractivity contribution in [3.05, 3.63) is 42.1 Å². The van der Waals surface area contributed by atoms with Crippen LogP contribution in [0.3, 0.4) is 0 Å². The molecule has 140 valence electrons. The smallest absolute Gasteiger partial charge is 0.412 e. The van der Waals surface area contributed by atoms with Crippen LogP contribution >= 0.6 is 0 Å². The molecule has 0 aliphatic heterocycles. The van der Waals surface area contributed by atoms with Gasteiger partial charge in [-0.25, -0.2) is 4.79 Å². The lowest BCUT2D eigenvalue weighted by Gasteiger charge is -2.19. The highest BCUT2D eigenvalue weighted by molar-refractivity contribution is 5.86. The predicted octanol–water partition coefficient (Wildman–Crippen LogP) is 4.16. The first-order chi connectivity index (χ1) is 12.7. The van der Waals surface area contributed by atoms with Gasteiger partial charge < -0.3 is 14.4 Å². The second-order valence-corrected chi connectivity index (χ2v) is 6.95. The van der Waals surface area contributed by atoms with Gasteiger partial charge >= 0.3 is 6.09 Å². The summed E-state index contributed by atoms with van der Waals surface area (Å²) >= 11 is 0. The van der Waals surface area contributed by atoms with Crippen LogP contribution < -0.4 is 5.32 Å². The summed E-state index contributed by atoms with van der Waals surface area (Å²) in [6, 6.07) is 8.22. The lowest BCUT2D eigenvalue weighted by atomic mass is 10.1. The number of carbonyl (C=O) groups is 1. The van der Waals surface area contributed by atoms with Crippen LogP contribution in [0, 0.1) is 6.92 Å². The second-order valence-electron chi connectivity index (χ2n) is 6.95. The van der Waals surface area contributed by atoms with Crippen LogP contribution in [0.1, 0.15) is 26.3 Å². The summed E-state index contributed by atoms with van der Waals surface area (Å²) in [4.78, 5) is 20.5. The van der Waals surface area contributed by atoms with Crippen molar-refractivity contribution >= 4 is 11.8 Å². The quantitative estimate of drug-likeness (QED) is 0.668. The van der Waals surface area contributed by atoms with Gasteiger partial charge in [0.05, 0.1) is 5.56 Å². The minimum Gasteiger partial charge on any atom is -0.507 e. The monoisotopic (exact) mass is 368 g/mol. The number of pyridine rings is 1. The molecule has 0 saturated heterocycles. The standard InChI is InChI=1S/C19H20N4O4/c1-11-6-5-9-20-15(11)17-22-16(23-27-17)13-10-12(7-8-14(13)24)21-18(25)26-19(2,3)4/h5-10,24H,1-4H3,(H,21,25). The van der Waals surface area contributed by atoms with Crippen molar-refractivity contribution in [1.29, 1.82) is 0 Å². The molecular formula is C19H20N4O4. The molecule has 0 fully saturated rings. The van der Waals surface area contributed by atoms with Crippen LogP contribution in [0.25, 0.3) is 23.0 Å². The molecule has 0 unspecified atom stereocenters. The summed E-state index contributed by atoms with van der Waals surface area (Å²) in [5.74, 6) is 0.378. The molecule has 1 amide bonds. The van der Waals surface area contributed by atoms with Crippen molar-refractivity contribution in [1.82, 2.24) is 15.1 Å². The molecule has 8 nitrogen and oxygen atoms in total. The zero-order valence-corrected chi connectivity index (χ0v) is 15.5. The number of phenols is 1. The number of hydrogen-bond acceptors (Lipinski definition) is 7. The van der Waals surface area contributed by atoms with E-state index in [-0.39, 0.29) is 17.5 Å². The third-order valence-electron chi connectivity index (χ3n) is 3.52. The molecule has 2 aromatic heterocycles. The van der Waals surface area contributed by atoms with Gasteiger partial charge in [-0.2, -0.15) is 4.98 Å². The fourth-order valence-corrected chi connectivity index (χ4v) is 2.35. The number of amides is 1. The second kappa shape index (κ2) is 7.06.